The van der Waals surface area contributed by atoms with Gasteiger partial charge in [-0.1, -0.05) is 12.1 Å². The molecule has 0 saturated heterocycles. The highest BCUT2D eigenvalue weighted by atomic mass is 16.5. The fraction of sp³-hybridized carbons (Fsp3) is 0.455. The summed E-state index contributed by atoms with van der Waals surface area (Å²) in [4.78, 5) is 4.36. The van der Waals surface area contributed by atoms with E-state index in [9.17, 15) is 0 Å². The molecule has 0 saturated carbocycles. The van der Waals surface area contributed by atoms with Gasteiger partial charge in [-0.3, -0.25) is 0 Å². The van der Waals surface area contributed by atoms with E-state index in [1.54, 1.807) is 6.26 Å². The van der Waals surface area contributed by atoms with E-state index in [1.165, 1.54) is 0 Å². The predicted molar refractivity (Wildman–Crippen MR) is 58.8 cm³/mol. The van der Waals surface area contributed by atoms with Crippen molar-refractivity contribution in [1.29, 1.82) is 0 Å². The minimum atomic E-state index is 0.105. The lowest BCUT2D eigenvalue weighted by Gasteiger charge is -2.06. The van der Waals surface area contributed by atoms with Crippen LogP contribution in [0.25, 0.3) is 11.4 Å². The molecule has 1 N–H and O–H groups in total. The molecule has 16 heavy (non-hydrogen) atoms. The predicted octanol–water partition coefficient (Wildman–Crippen LogP) is 2.31. The largest absolute Gasteiger partial charge is 0.469 e. The zero-order valence-electron chi connectivity index (χ0n) is 9.65. The van der Waals surface area contributed by atoms with Crippen molar-refractivity contribution in [1.82, 2.24) is 15.5 Å². The van der Waals surface area contributed by atoms with Gasteiger partial charge in [-0.05, 0) is 26.5 Å². The van der Waals surface area contributed by atoms with Crippen LogP contribution in [0.15, 0.2) is 21.3 Å². The average molecular weight is 221 g/mol. The minimum absolute atomic E-state index is 0.105. The monoisotopic (exact) mass is 221 g/mol. The second-order valence-corrected chi connectivity index (χ2v) is 3.60. The van der Waals surface area contributed by atoms with Crippen LogP contribution in [0, 0.1) is 6.92 Å². The zero-order valence-corrected chi connectivity index (χ0v) is 9.65. The summed E-state index contributed by atoms with van der Waals surface area (Å²) < 4.78 is 10.4. The van der Waals surface area contributed by atoms with Crippen molar-refractivity contribution < 1.29 is 8.94 Å². The Morgan fingerprint density at radius 1 is 1.50 bits per heavy atom. The molecule has 0 bridgehead atoms. The molecule has 1 atom stereocenters. The molecule has 0 aliphatic rings. The molecular weight excluding hydrogens is 206 g/mol. The third-order valence-corrected chi connectivity index (χ3v) is 2.60. The van der Waals surface area contributed by atoms with Gasteiger partial charge in [0.15, 0.2) is 0 Å². The lowest BCUT2D eigenvalue weighted by Crippen LogP contribution is -2.15. The van der Waals surface area contributed by atoms with Crippen LogP contribution in [-0.2, 0) is 0 Å². The Bertz CT molecular complexity index is 457. The highest BCUT2D eigenvalue weighted by Gasteiger charge is 2.17. The van der Waals surface area contributed by atoms with E-state index < -0.39 is 0 Å². The van der Waals surface area contributed by atoms with Crippen molar-refractivity contribution in [2.45, 2.75) is 26.3 Å². The Kier molecular flexibility index (Phi) is 3.05. The molecule has 0 aliphatic heterocycles. The van der Waals surface area contributed by atoms with Crippen molar-refractivity contribution in [2.24, 2.45) is 0 Å². The lowest BCUT2D eigenvalue weighted by atomic mass is 10.2. The maximum Gasteiger partial charge on any atom is 0.244 e. The molecular formula is C11H15N3O2. The summed E-state index contributed by atoms with van der Waals surface area (Å²) in [5.41, 5.74) is 0.876. The number of aromatic nitrogens is 2. The first-order valence-electron chi connectivity index (χ1n) is 5.31. The summed E-state index contributed by atoms with van der Waals surface area (Å²) >= 11 is 0. The molecule has 2 aromatic heterocycles. The molecule has 86 valence electrons. The van der Waals surface area contributed by atoms with Gasteiger partial charge in [0.25, 0.3) is 0 Å². The topological polar surface area (TPSA) is 64.1 Å². The molecule has 1 unspecified atom stereocenters. The van der Waals surface area contributed by atoms with Crippen molar-refractivity contribution in [3.05, 3.63) is 24.0 Å². The van der Waals surface area contributed by atoms with E-state index in [-0.39, 0.29) is 6.04 Å². The van der Waals surface area contributed by atoms with Crippen LogP contribution >= 0.6 is 0 Å². The maximum atomic E-state index is 5.22. The van der Waals surface area contributed by atoms with Gasteiger partial charge in [-0.15, -0.1) is 0 Å². The van der Waals surface area contributed by atoms with Gasteiger partial charge in [0.1, 0.15) is 5.76 Å². The molecule has 2 heterocycles. The molecule has 5 heteroatoms. The van der Waals surface area contributed by atoms with Gasteiger partial charge in [-0.2, -0.15) is 4.98 Å². The van der Waals surface area contributed by atoms with Crippen molar-refractivity contribution in [3.8, 4) is 11.4 Å². The number of aryl methyl sites for hydroxylation is 1. The average Bonchev–Trinajstić information content (AvgIpc) is 2.89. The zero-order chi connectivity index (χ0) is 11.5. The van der Waals surface area contributed by atoms with Crippen LogP contribution in [0.3, 0.4) is 0 Å². The molecule has 5 nitrogen and oxygen atoms in total. The van der Waals surface area contributed by atoms with Crippen LogP contribution in [0.5, 0.6) is 0 Å². The van der Waals surface area contributed by atoms with E-state index in [0.29, 0.717) is 11.7 Å². The van der Waals surface area contributed by atoms with Gasteiger partial charge in [-0.25, -0.2) is 0 Å². The Labute approximate surface area is 93.8 Å². The van der Waals surface area contributed by atoms with Crippen LogP contribution in [0.2, 0.25) is 0 Å². The van der Waals surface area contributed by atoms with Gasteiger partial charge in [0, 0.05) is 0 Å². The minimum Gasteiger partial charge on any atom is -0.469 e. The highest BCUT2D eigenvalue weighted by molar-refractivity contribution is 5.56. The van der Waals surface area contributed by atoms with E-state index in [1.807, 2.05) is 20.0 Å². The van der Waals surface area contributed by atoms with Crippen LogP contribution < -0.4 is 5.32 Å². The number of rotatable bonds is 4. The van der Waals surface area contributed by atoms with Gasteiger partial charge < -0.3 is 14.3 Å². The number of hydrogen-bond acceptors (Lipinski definition) is 5. The molecule has 0 amide bonds. The Morgan fingerprint density at radius 3 is 2.88 bits per heavy atom. The van der Waals surface area contributed by atoms with Gasteiger partial charge in [0.2, 0.25) is 11.7 Å². The summed E-state index contributed by atoms with van der Waals surface area (Å²) in [6.45, 7) is 3.94. The summed E-state index contributed by atoms with van der Waals surface area (Å²) in [6, 6.07) is 1.94. The van der Waals surface area contributed by atoms with Gasteiger partial charge >= 0.3 is 0 Å². The Hall–Kier alpha value is -1.62. The second-order valence-electron chi connectivity index (χ2n) is 3.60. The first-order valence-corrected chi connectivity index (χ1v) is 5.31. The second kappa shape index (κ2) is 4.49. The normalized spacial score (nSPS) is 12.9. The summed E-state index contributed by atoms with van der Waals surface area (Å²) in [6.07, 6.45) is 2.53. The van der Waals surface area contributed by atoms with E-state index in [2.05, 4.69) is 22.4 Å². The van der Waals surface area contributed by atoms with Crippen LogP contribution in [0.4, 0.5) is 0 Å². The van der Waals surface area contributed by atoms with Crippen molar-refractivity contribution >= 4 is 0 Å². The quantitative estimate of drug-likeness (QED) is 0.858. The third-order valence-electron chi connectivity index (χ3n) is 2.60. The van der Waals surface area contributed by atoms with E-state index in [0.717, 1.165) is 17.7 Å². The molecule has 0 radical (unpaired) electrons. The first-order chi connectivity index (χ1) is 7.76. The summed E-state index contributed by atoms with van der Waals surface area (Å²) in [5.74, 6) is 1.99. The smallest absolute Gasteiger partial charge is 0.244 e. The fourth-order valence-electron chi connectivity index (χ4n) is 1.61. The Balaban J connectivity index is 2.29. The third kappa shape index (κ3) is 1.86. The number of nitrogens with one attached hydrogen (secondary N) is 1. The SMILES string of the molecule is CCC(NC)c1nc(-c2ccoc2C)no1. The van der Waals surface area contributed by atoms with Gasteiger partial charge in [0.05, 0.1) is 17.9 Å². The molecule has 0 aliphatic carbocycles. The first kappa shape index (κ1) is 10.9. The molecule has 0 fully saturated rings. The van der Waals surface area contributed by atoms with Crippen molar-refractivity contribution in [3.63, 3.8) is 0 Å². The maximum absolute atomic E-state index is 5.22. The number of furan rings is 1. The lowest BCUT2D eigenvalue weighted by molar-refractivity contribution is 0.334. The summed E-state index contributed by atoms with van der Waals surface area (Å²) in [5, 5.41) is 7.07. The number of hydrogen-bond donors (Lipinski definition) is 1. The molecule has 0 aromatic carbocycles. The number of nitrogens with zero attached hydrogens (tertiary/aromatic N) is 2. The van der Waals surface area contributed by atoms with E-state index in [4.69, 9.17) is 8.94 Å². The molecule has 2 aromatic rings. The molecule has 0 spiro atoms. The van der Waals surface area contributed by atoms with Crippen LogP contribution in [-0.4, -0.2) is 17.2 Å². The standard InChI is InChI=1S/C11H15N3O2/c1-4-9(12-3)11-13-10(14-16-11)8-5-6-15-7(8)2/h5-6,9,12H,4H2,1-3H3. The highest BCUT2D eigenvalue weighted by Crippen LogP contribution is 2.23. The summed E-state index contributed by atoms with van der Waals surface area (Å²) in [7, 11) is 1.88. The van der Waals surface area contributed by atoms with Crippen LogP contribution in [0.1, 0.15) is 31.0 Å². The van der Waals surface area contributed by atoms with Crippen molar-refractivity contribution in [2.75, 3.05) is 7.05 Å². The Morgan fingerprint density at radius 2 is 2.31 bits per heavy atom. The fourth-order valence-corrected chi connectivity index (χ4v) is 1.61. The molecule has 2 rings (SSSR count). The van der Waals surface area contributed by atoms with E-state index >= 15 is 0 Å².